The van der Waals surface area contributed by atoms with Crippen LogP contribution in [0.3, 0.4) is 0 Å². The van der Waals surface area contributed by atoms with Crippen LogP contribution in [0.25, 0.3) is 12.2 Å². The maximum atomic E-state index is 12.0. The highest BCUT2D eigenvalue weighted by Crippen LogP contribution is 2.16. The average molecular weight is 246 g/mol. The normalized spacial score (nSPS) is 11.1. The Bertz CT molecular complexity index is 504. The van der Waals surface area contributed by atoms with Gasteiger partial charge in [0.15, 0.2) is 0 Å². The SMILES string of the molecule is FC(F)Oc1ccc(/C=C/c2ccccc2)cc1. The fourth-order valence-corrected chi connectivity index (χ4v) is 1.52. The van der Waals surface area contributed by atoms with Gasteiger partial charge in [-0.3, -0.25) is 0 Å². The van der Waals surface area contributed by atoms with Crippen LogP contribution in [0, 0.1) is 0 Å². The summed E-state index contributed by atoms with van der Waals surface area (Å²) in [6.07, 6.45) is 3.88. The van der Waals surface area contributed by atoms with E-state index in [1.54, 1.807) is 12.1 Å². The van der Waals surface area contributed by atoms with Gasteiger partial charge in [-0.25, -0.2) is 0 Å². The number of benzene rings is 2. The van der Waals surface area contributed by atoms with Crippen molar-refractivity contribution in [1.29, 1.82) is 0 Å². The monoisotopic (exact) mass is 246 g/mol. The van der Waals surface area contributed by atoms with Crippen molar-refractivity contribution in [1.82, 2.24) is 0 Å². The Morgan fingerprint density at radius 3 is 1.89 bits per heavy atom. The Kier molecular flexibility index (Phi) is 4.07. The first-order chi connectivity index (χ1) is 8.74. The molecule has 0 aliphatic heterocycles. The van der Waals surface area contributed by atoms with Gasteiger partial charge in [-0.05, 0) is 23.3 Å². The van der Waals surface area contributed by atoms with Gasteiger partial charge < -0.3 is 4.74 Å². The molecule has 3 heteroatoms. The Hall–Kier alpha value is -2.16. The van der Waals surface area contributed by atoms with Crippen LogP contribution in [-0.2, 0) is 0 Å². The van der Waals surface area contributed by atoms with Gasteiger partial charge in [0.25, 0.3) is 0 Å². The maximum absolute atomic E-state index is 12.0. The number of hydrogen-bond donors (Lipinski definition) is 0. The molecule has 92 valence electrons. The highest BCUT2D eigenvalue weighted by Gasteiger charge is 2.02. The van der Waals surface area contributed by atoms with Crippen LogP contribution in [0.2, 0.25) is 0 Å². The van der Waals surface area contributed by atoms with Gasteiger partial charge >= 0.3 is 6.61 Å². The second-order valence-electron chi connectivity index (χ2n) is 3.69. The summed E-state index contributed by atoms with van der Waals surface area (Å²) in [5.41, 5.74) is 2.02. The van der Waals surface area contributed by atoms with Crippen molar-refractivity contribution in [3.05, 3.63) is 65.7 Å². The quantitative estimate of drug-likeness (QED) is 0.724. The van der Waals surface area contributed by atoms with Crippen LogP contribution >= 0.6 is 0 Å². The topological polar surface area (TPSA) is 9.23 Å². The van der Waals surface area contributed by atoms with E-state index in [4.69, 9.17) is 0 Å². The fraction of sp³-hybridized carbons (Fsp3) is 0.0667. The molecule has 2 rings (SSSR count). The number of rotatable bonds is 4. The molecule has 2 aromatic carbocycles. The van der Waals surface area contributed by atoms with Crippen molar-refractivity contribution in [3.63, 3.8) is 0 Å². The van der Waals surface area contributed by atoms with E-state index in [0.29, 0.717) is 0 Å². The van der Waals surface area contributed by atoms with E-state index >= 15 is 0 Å². The highest BCUT2D eigenvalue weighted by molar-refractivity contribution is 5.69. The summed E-state index contributed by atoms with van der Waals surface area (Å²) in [6, 6.07) is 16.4. The Morgan fingerprint density at radius 2 is 1.33 bits per heavy atom. The van der Waals surface area contributed by atoms with Crippen LogP contribution in [-0.4, -0.2) is 6.61 Å². The summed E-state index contributed by atoms with van der Waals surface area (Å²) >= 11 is 0. The van der Waals surface area contributed by atoms with Crippen molar-refractivity contribution < 1.29 is 13.5 Å². The van der Waals surface area contributed by atoms with E-state index < -0.39 is 6.61 Å². The van der Waals surface area contributed by atoms with Crippen molar-refractivity contribution in [3.8, 4) is 5.75 Å². The molecule has 0 aromatic heterocycles. The minimum absolute atomic E-state index is 0.168. The van der Waals surface area contributed by atoms with Crippen LogP contribution < -0.4 is 4.74 Å². The number of halogens is 2. The minimum atomic E-state index is -2.78. The molecule has 0 radical (unpaired) electrons. The number of alkyl halides is 2. The number of hydrogen-bond acceptors (Lipinski definition) is 1. The lowest BCUT2D eigenvalue weighted by atomic mass is 10.1. The molecule has 0 unspecified atom stereocenters. The largest absolute Gasteiger partial charge is 0.435 e. The third-order valence-electron chi connectivity index (χ3n) is 2.37. The Labute approximate surface area is 104 Å². The molecular formula is C15H12F2O. The van der Waals surface area contributed by atoms with Gasteiger partial charge in [0.2, 0.25) is 0 Å². The van der Waals surface area contributed by atoms with Gasteiger partial charge in [0.1, 0.15) is 5.75 Å². The van der Waals surface area contributed by atoms with Crippen molar-refractivity contribution in [2.24, 2.45) is 0 Å². The number of ether oxygens (including phenoxy) is 1. The van der Waals surface area contributed by atoms with Gasteiger partial charge in [-0.1, -0.05) is 54.6 Å². The van der Waals surface area contributed by atoms with Gasteiger partial charge in [-0.2, -0.15) is 8.78 Å². The van der Waals surface area contributed by atoms with E-state index in [-0.39, 0.29) is 5.75 Å². The lowest BCUT2D eigenvalue weighted by Crippen LogP contribution is -2.01. The first-order valence-corrected chi connectivity index (χ1v) is 5.52. The second-order valence-corrected chi connectivity index (χ2v) is 3.69. The molecule has 0 N–H and O–H groups in total. The molecule has 0 atom stereocenters. The molecule has 0 saturated heterocycles. The summed E-state index contributed by atoms with van der Waals surface area (Å²) in [4.78, 5) is 0. The predicted molar refractivity (Wildman–Crippen MR) is 68.4 cm³/mol. The first-order valence-electron chi connectivity index (χ1n) is 5.52. The molecule has 0 aliphatic rings. The Balaban J connectivity index is 2.04. The summed E-state index contributed by atoms with van der Waals surface area (Å²) < 4.78 is 28.2. The van der Waals surface area contributed by atoms with E-state index in [0.717, 1.165) is 11.1 Å². The van der Waals surface area contributed by atoms with Crippen LogP contribution in [0.4, 0.5) is 8.78 Å². The molecule has 0 fully saturated rings. The van der Waals surface area contributed by atoms with Crippen LogP contribution in [0.1, 0.15) is 11.1 Å². The molecule has 1 nitrogen and oxygen atoms in total. The lowest BCUT2D eigenvalue weighted by molar-refractivity contribution is -0.0498. The summed E-state index contributed by atoms with van der Waals surface area (Å²) in [6.45, 7) is -2.78. The van der Waals surface area contributed by atoms with Crippen molar-refractivity contribution in [2.75, 3.05) is 0 Å². The lowest BCUT2D eigenvalue weighted by Gasteiger charge is -2.03. The van der Waals surface area contributed by atoms with Crippen molar-refractivity contribution in [2.45, 2.75) is 6.61 Å². The Morgan fingerprint density at radius 1 is 0.778 bits per heavy atom. The van der Waals surface area contributed by atoms with Gasteiger partial charge in [-0.15, -0.1) is 0 Å². The van der Waals surface area contributed by atoms with E-state index in [9.17, 15) is 8.78 Å². The summed E-state index contributed by atoms with van der Waals surface area (Å²) in [7, 11) is 0. The van der Waals surface area contributed by atoms with Crippen molar-refractivity contribution >= 4 is 12.2 Å². The molecule has 18 heavy (non-hydrogen) atoms. The van der Waals surface area contributed by atoms with Crippen LogP contribution in [0.15, 0.2) is 54.6 Å². The average Bonchev–Trinajstić information content (AvgIpc) is 2.38. The zero-order valence-corrected chi connectivity index (χ0v) is 9.59. The molecule has 0 bridgehead atoms. The molecule has 2 aromatic rings. The predicted octanol–water partition coefficient (Wildman–Crippen LogP) is 4.46. The van der Waals surface area contributed by atoms with Crippen LogP contribution in [0.5, 0.6) is 5.75 Å². The summed E-state index contributed by atoms with van der Waals surface area (Å²) in [5, 5.41) is 0. The molecule has 0 saturated carbocycles. The second kappa shape index (κ2) is 5.96. The zero-order chi connectivity index (χ0) is 12.8. The highest BCUT2D eigenvalue weighted by atomic mass is 19.3. The maximum Gasteiger partial charge on any atom is 0.387 e. The van der Waals surface area contributed by atoms with E-state index in [1.807, 2.05) is 42.5 Å². The fourth-order valence-electron chi connectivity index (χ4n) is 1.52. The molecule has 0 amide bonds. The standard InChI is InChI=1S/C15H12F2O/c16-15(17)18-14-10-8-13(9-11-14)7-6-12-4-2-1-3-5-12/h1-11,15H/b7-6+. The molecule has 0 spiro atoms. The summed E-state index contributed by atoms with van der Waals surface area (Å²) in [5.74, 6) is 0.168. The third kappa shape index (κ3) is 3.70. The van der Waals surface area contributed by atoms with Gasteiger partial charge in [0.05, 0.1) is 0 Å². The molecular weight excluding hydrogens is 234 g/mol. The smallest absolute Gasteiger partial charge is 0.387 e. The minimum Gasteiger partial charge on any atom is -0.435 e. The third-order valence-corrected chi connectivity index (χ3v) is 2.37. The van der Waals surface area contributed by atoms with E-state index in [1.165, 1.54) is 12.1 Å². The molecule has 0 aliphatic carbocycles. The first kappa shape index (κ1) is 12.3. The van der Waals surface area contributed by atoms with Gasteiger partial charge in [0, 0.05) is 0 Å². The zero-order valence-electron chi connectivity index (χ0n) is 9.59. The van der Waals surface area contributed by atoms with E-state index in [2.05, 4.69) is 4.74 Å². The molecule has 0 heterocycles.